The van der Waals surface area contributed by atoms with Gasteiger partial charge in [0.1, 0.15) is 12.4 Å². The van der Waals surface area contributed by atoms with Gasteiger partial charge < -0.3 is 10.1 Å². The Labute approximate surface area is 187 Å². The summed E-state index contributed by atoms with van der Waals surface area (Å²) in [6.07, 6.45) is 3.33. The highest BCUT2D eigenvalue weighted by Gasteiger charge is 2.21. The van der Waals surface area contributed by atoms with Crippen molar-refractivity contribution in [3.05, 3.63) is 108 Å². The molecule has 6 nitrogen and oxygen atoms in total. The van der Waals surface area contributed by atoms with E-state index in [9.17, 15) is 4.79 Å². The topological polar surface area (TPSA) is 69.0 Å². The molecule has 4 aromatic rings. The molecule has 0 saturated heterocycles. The van der Waals surface area contributed by atoms with Gasteiger partial charge in [0.15, 0.2) is 5.82 Å². The number of pyridine rings is 1. The molecule has 2 aromatic heterocycles. The van der Waals surface area contributed by atoms with Gasteiger partial charge in [0, 0.05) is 12.7 Å². The van der Waals surface area contributed by atoms with Crippen molar-refractivity contribution in [3.8, 4) is 11.6 Å². The first-order valence-corrected chi connectivity index (χ1v) is 10.6. The zero-order valence-corrected chi connectivity index (χ0v) is 18.2. The number of amides is 1. The predicted molar refractivity (Wildman–Crippen MR) is 124 cm³/mol. The Hall–Kier alpha value is -3.93. The summed E-state index contributed by atoms with van der Waals surface area (Å²) in [7, 11) is 0. The first-order valence-electron chi connectivity index (χ1n) is 10.6. The average Bonchev–Trinajstić information content (AvgIpc) is 3.29. The molecule has 2 aromatic carbocycles. The summed E-state index contributed by atoms with van der Waals surface area (Å²) in [6, 6.07) is 23.4. The molecule has 2 heterocycles. The van der Waals surface area contributed by atoms with Crippen molar-refractivity contribution in [3.63, 3.8) is 0 Å². The second-order valence-electron chi connectivity index (χ2n) is 7.80. The van der Waals surface area contributed by atoms with Gasteiger partial charge in [0.2, 0.25) is 0 Å². The zero-order chi connectivity index (χ0) is 22.3. The average molecular weight is 427 g/mol. The molecule has 0 aliphatic heterocycles. The lowest BCUT2D eigenvalue weighted by molar-refractivity contribution is 0.0949. The second kappa shape index (κ2) is 9.92. The monoisotopic (exact) mass is 426 g/mol. The first-order chi connectivity index (χ1) is 15.6. The highest BCUT2D eigenvalue weighted by Crippen LogP contribution is 2.22. The van der Waals surface area contributed by atoms with E-state index >= 15 is 0 Å². The molecule has 0 radical (unpaired) electrons. The van der Waals surface area contributed by atoms with Crippen LogP contribution in [0.2, 0.25) is 0 Å². The highest BCUT2D eigenvalue weighted by molar-refractivity contribution is 5.95. The van der Waals surface area contributed by atoms with Crippen molar-refractivity contribution < 1.29 is 9.53 Å². The molecule has 0 spiro atoms. The molecule has 0 atom stereocenters. The molecular formula is C26H26N4O2. The van der Waals surface area contributed by atoms with Crippen LogP contribution >= 0.6 is 0 Å². The van der Waals surface area contributed by atoms with Crippen molar-refractivity contribution in [2.75, 3.05) is 0 Å². The van der Waals surface area contributed by atoms with E-state index in [1.54, 1.807) is 17.1 Å². The number of aromatic nitrogens is 3. The van der Waals surface area contributed by atoms with Gasteiger partial charge in [0.25, 0.3) is 5.91 Å². The minimum absolute atomic E-state index is 0.115. The minimum atomic E-state index is -0.146. The Bertz CT molecular complexity index is 1150. The Morgan fingerprint density at radius 2 is 1.69 bits per heavy atom. The van der Waals surface area contributed by atoms with Crippen molar-refractivity contribution in [2.24, 2.45) is 0 Å². The lowest BCUT2D eigenvalue weighted by Crippen LogP contribution is -2.24. The normalized spacial score (nSPS) is 10.8. The number of nitrogens with one attached hydrogen (secondary N) is 1. The van der Waals surface area contributed by atoms with E-state index in [0.29, 0.717) is 24.5 Å². The van der Waals surface area contributed by atoms with Crippen LogP contribution in [-0.2, 0) is 13.2 Å². The zero-order valence-electron chi connectivity index (χ0n) is 18.2. The number of para-hydroxylation sites is 1. The van der Waals surface area contributed by atoms with E-state index in [2.05, 4.69) is 15.4 Å². The molecular weight excluding hydrogens is 400 g/mol. The number of rotatable bonds is 8. The lowest BCUT2D eigenvalue weighted by atomic mass is 10.1. The maximum Gasteiger partial charge on any atom is 0.255 e. The SMILES string of the molecule is CC(C)c1c(C(=O)NCc2ccc(COc3ccccc3)cc2)cnn1-c1ccccn1. The summed E-state index contributed by atoms with van der Waals surface area (Å²) in [5.41, 5.74) is 3.50. The molecule has 162 valence electrons. The van der Waals surface area contributed by atoms with Gasteiger partial charge in [-0.1, -0.05) is 62.4 Å². The van der Waals surface area contributed by atoms with Gasteiger partial charge in [-0.3, -0.25) is 4.79 Å². The standard InChI is InChI=1S/C26H26N4O2/c1-19(2)25-23(17-29-30(25)24-10-6-7-15-27-24)26(31)28-16-20-11-13-21(14-12-20)18-32-22-8-4-3-5-9-22/h3-15,17,19H,16,18H2,1-2H3,(H,28,31). The van der Waals surface area contributed by atoms with Crippen LogP contribution < -0.4 is 10.1 Å². The number of hydrogen-bond donors (Lipinski definition) is 1. The Balaban J connectivity index is 1.39. The summed E-state index contributed by atoms with van der Waals surface area (Å²) in [4.78, 5) is 17.3. The third-order valence-corrected chi connectivity index (χ3v) is 5.09. The van der Waals surface area contributed by atoms with Crippen molar-refractivity contribution in [1.82, 2.24) is 20.1 Å². The van der Waals surface area contributed by atoms with Crippen molar-refractivity contribution in [1.29, 1.82) is 0 Å². The molecule has 0 aliphatic carbocycles. The summed E-state index contributed by atoms with van der Waals surface area (Å²) < 4.78 is 7.52. The number of benzene rings is 2. The molecule has 1 amide bonds. The lowest BCUT2D eigenvalue weighted by Gasteiger charge is -2.12. The second-order valence-corrected chi connectivity index (χ2v) is 7.80. The fraction of sp³-hybridized carbons (Fsp3) is 0.192. The molecule has 4 rings (SSSR count). The fourth-order valence-corrected chi connectivity index (χ4v) is 3.46. The Morgan fingerprint density at radius 1 is 0.969 bits per heavy atom. The van der Waals surface area contributed by atoms with Crippen molar-refractivity contribution in [2.45, 2.75) is 32.9 Å². The summed E-state index contributed by atoms with van der Waals surface area (Å²) in [5.74, 6) is 1.51. The molecule has 0 bridgehead atoms. The Morgan fingerprint density at radius 3 is 2.38 bits per heavy atom. The smallest absolute Gasteiger partial charge is 0.255 e. The molecule has 0 fully saturated rings. The maximum atomic E-state index is 12.9. The van der Waals surface area contributed by atoms with E-state index in [1.807, 2.05) is 86.6 Å². The van der Waals surface area contributed by atoms with E-state index in [-0.39, 0.29) is 11.8 Å². The van der Waals surface area contributed by atoms with Gasteiger partial charge in [0.05, 0.1) is 17.5 Å². The number of hydrogen-bond acceptors (Lipinski definition) is 4. The van der Waals surface area contributed by atoms with Crippen LogP contribution in [0.5, 0.6) is 5.75 Å². The van der Waals surface area contributed by atoms with Gasteiger partial charge in [-0.2, -0.15) is 5.10 Å². The first kappa shape index (κ1) is 21.3. The quantitative estimate of drug-likeness (QED) is 0.435. The van der Waals surface area contributed by atoms with Crippen LogP contribution in [0, 0.1) is 0 Å². The van der Waals surface area contributed by atoms with Crippen LogP contribution in [0.25, 0.3) is 5.82 Å². The number of ether oxygens (including phenoxy) is 1. The third kappa shape index (κ3) is 5.03. The summed E-state index contributed by atoms with van der Waals surface area (Å²) in [5, 5.41) is 7.43. The maximum absolute atomic E-state index is 12.9. The van der Waals surface area contributed by atoms with Crippen LogP contribution in [0.3, 0.4) is 0 Å². The van der Waals surface area contributed by atoms with E-state index in [1.165, 1.54) is 0 Å². The molecule has 6 heteroatoms. The molecule has 0 aliphatic rings. The van der Waals surface area contributed by atoms with Crippen LogP contribution in [0.4, 0.5) is 0 Å². The summed E-state index contributed by atoms with van der Waals surface area (Å²) >= 11 is 0. The number of carbonyl (C=O) groups is 1. The van der Waals surface area contributed by atoms with Crippen molar-refractivity contribution >= 4 is 5.91 Å². The van der Waals surface area contributed by atoms with E-state index in [0.717, 1.165) is 22.6 Å². The molecule has 0 unspecified atom stereocenters. The molecule has 32 heavy (non-hydrogen) atoms. The van der Waals surface area contributed by atoms with E-state index in [4.69, 9.17) is 4.74 Å². The largest absolute Gasteiger partial charge is 0.489 e. The summed E-state index contributed by atoms with van der Waals surface area (Å²) in [6.45, 7) is 5.03. The minimum Gasteiger partial charge on any atom is -0.489 e. The fourth-order valence-electron chi connectivity index (χ4n) is 3.46. The van der Waals surface area contributed by atoms with Gasteiger partial charge >= 0.3 is 0 Å². The predicted octanol–water partition coefficient (Wildman–Crippen LogP) is 4.90. The van der Waals surface area contributed by atoms with Gasteiger partial charge in [-0.05, 0) is 41.3 Å². The Kier molecular flexibility index (Phi) is 6.60. The van der Waals surface area contributed by atoms with Crippen LogP contribution in [0.15, 0.2) is 85.2 Å². The van der Waals surface area contributed by atoms with Crippen LogP contribution in [-0.4, -0.2) is 20.7 Å². The van der Waals surface area contributed by atoms with Gasteiger partial charge in [-0.15, -0.1) is 0 Å². The van der Waals surface area contributed by atoms with Crippen LogP contribution in [0.1, 0.15) is 46.9 Å². The van der Waals surface area contributed by atoms with Gasteiger partial charge in [-0.25, -0.2) is 9.67 Å². The van der Waals surface area contributed by atoms with E-state index < -0.39 is 0 Å². The molecule has 0 saturated carbocycles. The molecule has 1 N–H and O–H groups in total. The third-order valence-electron chi connectivity index (χ3n) is 5.09. The number of carbonyl (C=O) groups excluding carboxylic acids is 1. The highest BCUT2D eigenvalue weighted by atomic mass is 16.5. The number of nitrogens with zero attached hydrogens (tertiary/aromatic N) is 3.